The number of carbonyl (C=O) groups is 2. The molecule has 0 rings (SSSR count). The lowest BCUT2D eigenvalue weighted by Crippen LogP contribution is -2.29. The van der Waals surface area contributed by atoms with Crippen molar-refractivity contribution in [3.05, 3.63) is 12.2 Å². The number of esters is 2. The van der Waals surface area contributed by atoms with Crippen LogP contribution < -0.4 is 5.73 Å². The molecule has 0 radical (unpaired) electrons. The summed E-state index contributed by atoms with van der Waals surface area (Å²) in [6, 6.07) is 0. The van der Waals surface area contributed by atoms with E-state index in [0.29, 0.717) is 6.42 Å². The molecular formula is C43H84NO8P. The summed E-state index contributed by atoms with van der Waals surface area (Å²) in [4.78, 5) is 34.9. The van der Waals surface area contributed by atoms with Gasteiger partial charge in [0.05, 0.1) is 13.2 Å². The first kappa shape index (κ1) is 51.8. The first-order chi connectivity index (χ1) is 25.8. The van der Waals surface area contributed by atoms with Gasteiger partial charge in [-0.3, -0.25) is 18.6 Å². The molecular weight excluding hydrogens is 689 g/mol. The Morgan fingerprint density at radius 2 is 0.925 bits per heavy atom. The number of carbonyl (C=O) groups excluding carboxylic acids is 2. The van der Waals surface area contributed by atoms with E-state index >= 15 is 0 Å². The third-order valence-electron chi connectivity index (χ3n) is 9.65. The topological polar surface area (TPSA) is 134 Å². The van der Waals surface area contributed by atoms with Crippen molar-refractivity contribution in [2.24, 2.45) is 5.73 Å². The van der Waals surface area contributed by atoms with Crippen LogP contribution in [0.3, 0.4) is 0 Å². The monoisotopic (exact) mass is 774 g/mol. The van der Waals surface area contributed by atoms with Gasteiger partial charge in [-0.25, -0.2) is 4.57 Å². The quantitative estimate of drug-likeness (QED) is 0.0269. The lowest BCUT2D eigenvalue weighted by atomic mass is 10.0. The third-order valence-corrected chi connectivity index (χ3v) is 10.6. The van der Waals surface area contributed by atoms with Crippen LogP contribution in [0.1, 0.15) is 219 Å². The van der Waals surface area contributed by atoms with E-state index in [1.807, 2.05) is 0 Å². The molecule has 0 heterocycles. The molecule has 3 N–H and O–H groups in total. The van der Waals surface area contributed by atoms with Gasteiger partial charge in [0.15, 0.2) is 6.10 Å². The molecule has 0 aromatic heterocycles. The Hall–Kier alpha value is -1.25. The number of rotatable bonds is 42. The van der Waals surface area contributed by atoms with Crippen molar-refractivity contribution in [3.63, 3.8) is 0 Å². The van der Waals surface area contributed by atoms with Crippen LogP contribution in [0, 0.1) is 0 Å². The van der Waals surface area contributed by atoms with Gasteiger partial charge in [-0.05, 0) is 38.5 Å². The van der Waals surface area contributed by atoms with E-state index in [1.54, 1.807) is 0 Å². The van der Waals surface area contributed by atoms with Crippen molar-refractivity contribution in [1.29, 1.82) is 0 Å². The van der Waals surface area contributed by atoms with E-state index in [0.717, 1.165) is 44.9 Å². The highest BCUT2D eigenvalue weighted by molar-refractivity contribution is 7.47. The largest absolute Gasteiger partial charge is 0.472 e. The molecule has 0 aromatic carbocycles. The number of phosphoric acid groups is 1. The van der Waals surface area contributed by atoms with Crippen LogP contribution >= 0.6 is 7.82 Å². The second-order valence-corrected chi connectivity index (χ2v) is 16.4. The molecule has 10 heteroatoms. The van der Waals surface area contributed by atoms with Crippen LogP contribution in [0.2, 0.25) is 0 Å². The maximum absolute atomic E-state index is 12.6. The minimum absolute atomic E-state index is 0.0558. The van der Waals surface area contributed by atoms with Crippen LogP contribution in [-0.4, -0.2) is 49.3 Å². The molecule has 9 nitrogen and oxygen atoms in total. The highest BCUT2D eigenvalue weighted by Gasteiger charge is 2.26. The zero-order valence-electron chi connectivity index (χ0n) is 34.5. The number of unbranched alkanes of at least 4 members (excludes halogenated alkanes) is 27. The summed E-state index contributed by atoms with van der Waals surface area (Å²) in [6.07, 6.45) is 40.9. The highest BCUT2D eigenvalue weighted by atomic mass is 31.2. The number of hydrogen-bond acceptors (Lipinski definition) is 8. The van der Waals surface area contributed by atoms with Gasteiger partial charge in [0.25, 0.3) is 0 Å². The average Bonchev–Trinajstić information content (AvgIpc) is 3.14. The number of hydrogen-bond donors (Lipinski definition) is 2. The molecule has 314 valence electrons. The van der Waals surface area contributed by atoms with Crippen LogP contribution in [0.5, 0.6) is 0 Å². The first-order valence-electron chi connectivity index (χ1n) is 22.2. The number of ether oxygens (including phenoxy) is 2. The fourth-order valence-corrected chi connectivity index (χ4v) is 7.10. The molecule has 0 aliphatic rings. The Morgan fingerprint density at radius 3 is 1.36 bits per heavy atom. The molecule has 0 spiro atoms. The standard InChI is InChI=1S/C43H84NO8P/c1-3-5-7-9-11-13-15-17-19-20-22-24-26-28-30-32-34-36-43(46)52-41(40-51-53(47,48)50-38-37-44)39-49-42(45)35-33-31-29-27-25-23-21-18-16-14-12-10-8-6-4-2/h14,16,41H,3-13,15,17-40,44H2,1-2H3,(H,47,48). The Morgan fingerprint density at radius 1 is 0.547 bits per heavy atom. The second-order valence-electron chi connectivity index (χ2n) is 14.9. The number of allylic oxidation sites excluding steroid dienone is 2. The smallest absolute Gasteiger partial charge is 0.462 e. The van der Waals surface area contributed by atoms with E-state index in [-0.39, 0.29) is 38.6 Å². The van der Waals surface area contributed by atoms with Crippen LogP contribution in [0.4, 0.5) is 0 Å². The van der Waals surface area contributed by atoms with E-state index in [1.165, 1.54) is 141 Å². The van der Waals surface area contributed by atoms with Gasteiger partial charge in [-0.1, -0.05) is 180 Å². The van der Waals surface area contributed by atoms with Gasteiger partial charge in [0.2, 0.25) is 0 Å². The summed E-state index contributed by atoms with van der Waals surface area (Å²) in [5.74, 6) is -0.822. The predicted octanol–water partition coefficient (Wildman–Crippen LogP) is 12.6. The van der Waals surface area contributed by atoms with E-state index in [4.69, 9.17) is 24.3 Å². The van der Waals surface area contributed by atoms with Gasteiger partial charge >= 0.3 is 19.8 Å². The second kappa shape index (κ2) is 40.4. The van der Waals surface area contributed by atoms with Gasteiger partial charge < -0.3 is 20.1 Å². The molecule has 0 fully saturated rings. The highest BCUT2D eigenvalue weighted by Crippen LogP contribution is 2.43. The van der Waals surface area contributed by atoms with E-state index in [2.05, 4.69) is 26.0 Å². The van der Waals surface area contributed by atoms with Crippen LogP contribution in [0.25, 0.3) is 0 Å². The molecule has 0 amide bonds. The minimum Gasteiger partial charge on any atom is -0.462 e. The van der Waals surface area contributed by atoms with Crippen molar-refractivity contribution >= 4 is 19.8 Å². The molecule has 2 atom stereocenters. The maximum Gasteiger partial charge on any atom is 0.472 e. The molecule has 2 unspecified atom stereocenters. The number of nitrogens with two attached hydrogens (primary N) is 1. The lowest BCUT2D eigenvalue weighted by Gasteiger charge is -2.19. The maximum atomic E-state index is 12.6. The van der Waals surface area contributed by atoms with Gasteiger partial charge in [-0.15, -0.1) is 0 Å². The Bertz CT molecular complexity index is 886. The normalized spacial score (nSPS) is 13.4. The van der Waals surface area contributed by atoms with Crippen molar-refractivity contribution < 1.29 is 37.6 Å². The summed E-state index contributed by atoms with van der Waals surface area (Å²) in [5, 5.41) is 0. The first-order valence-corrected chi connectivity index (χ1v) is 23.7. The third kappa shape index (κ3) is 40.2. The molecule has 0 aliphatic heterocycles. The van der Waals surface area contributed by atoms with Crippen molar-refractivity contribution in [2.75, 3.05) is 26.4 Å². The Balaban J connectivity index is 4.11. The molecule has 0 aromatic rings. The molecule has 0 saturated heterocycles. The molecule has 0 saturated carbocycles. The van der Waals surface area contributed by atoms with E-state index < -0.39 is 26.5 Å². The van der Waals surface area contributed by atoms with Gasteiger partial charge in [0, 0.05) is 19.4 Å². The van der Waals surface area contributed by atoms with Crippen molar-refractivity contribution in [3.8, 4) is 0 Å². The summed E-state index contributed by atoms with van der Waals surface area (Å²) in [5.41, 5.74) is 5.35. The van der Waals surface area contributed by atoms with Crippen molar-refractivity contribution in [2.45, 2.75) is 225 Å². The van der Waals surface area contributed by atoms with Crippen LogP contribution in [0.15, 0.2) is 12.2 Å². The minimum atomic E-state index is -4.37. The average molecular weight is 774 g/mol. The molecule has 53 heavy (non-hydrogen) atoms. The predicted molar refractivity (Wildman–Crippen MR) is 220 cm³/mol. The fraction of sp³-hybridized carbons (Fsp3) is 0.907. The SMILES string of the molecule is CCCCCCC=CCCCCCCCCCC(=O)OCC(COP(=O)(O)OCCN)OC(=O)CCCCCCCCCCCCCCCCCCC. The summed E-state index contributed by atoms with van der Waals surface area (Å²) >= 11 is 0. The zero-order valence-corrected chi connectivity index (χ0v) is 35.4. The van der Waals surface area contributed by atoms with Gasteiger partial charge in [0.1, 0.15) is 6.61 Å². The lowest BCUT2D eigenvalue weighted by molar-refractivity contribution is -0.161. The fourth-order valence-electron chi connectivity index (χ4n) is 6.34. The summed E-state index contributed by atoms with van der Waals surface area (Å²) in [7, 11) is -4.37. The summed E-state index contributed by atoms with van der Waals surface area (Å²) in [6.45, 7) is 3.75. The Labute approximate surface area is 326 Å². The summed E-state index contributed by atoms with van der Waals surface area (Å²) < 4.78 is 32.8. The van der Waals surface area contributed by atoms with E-state index in [9.17, 15) is 19.0 Å². The van der Waals surface area contributed by atoms with Gasteiger partial charge in [-0.2, -0.15) is 0 Å². The van der Waals surface area contributed by atoms with Crippen molar-refractivity contribution in [1.82, 2.24) is 0 Å². The molecule has 0 bridgehead atoms. The zero-order chi connectivity index (χ0) is 38.9. The molecule has 0 aliphatic carbocycles. The number of phosphoric ester groups is 1. The van der Waals surface area contributed by atoms with Crippen LogP contribution in [-0.2, 0) is 32.7 Å². The Kier molecular flexibility index (Phi) is 39.5.